The fraction of sp³-hybridized carbons (Fsp3) is 0.400. The Balaban J connectivity index is 2.26. The zero-order valence-electron chi connectivity index (χ0n) is 9.19. The van der Waals surface area contributed by atoms with E-state index in [0.29, 0.717) is 13.1 Å². The van der Waals surface area contributed by atoms with Crippen molar-refractivity contribution in [3.05, 3.63) is 24.0 Å². The Morgan fingerprint density at radius 3 is 2.53 bits per heavy atom. The Morgan fingerprint density at radius 2 is 1.94 bits per heavy atom. The second-order valence-corrected chi connectivity index (χ2v) is 5.59. The van der Waals surface area contributed by atoms with Crippen molar-refractivity contribution in [2.75, 3.05) is 23.5 Å². The summed E-state index contributed by atoms with van der Waals surface area (Å²) >= 11 is 0. The lowest BCUT2D eigenvalue weighted by Crippen LogP contribution is -2.33. The van der Waals surface area contributed by atoms with Crippen molar-refractivity contribution < 1.29 is 12.8 Å². The number of hydrogen-bond donors (Lipinski definition) is 2. The van der Waals surface area contributed by atoms with E-state index in [1.54, 1.807) is 0 Å². The number of nitrogens with one attached hydrogen (secondary N) is 1. The van der Waals surface area contributed by atoms with E-state index in [1.807, 2.05) is 0 Å². The van der Waals surface area contributed by atoms with Crippen molar-refractivity contribution in [1.82, 2.24) is 4.31 Å². The third kappa shape index (κ3) is 2.50. The summed E-state index contributed by atoms with van der Waals surface area (Å²) in [6.45, 7) is 0.924. The Morgan fingerprint density at radius 1 is 1.29 bits per heavy atom. The van der Waals surface area contributed by atoms with Crippen LogP contribution in [0.2, 0.25) is 0 Å². The molecule has 0 aliphatic carbocycles. The molecule has 1 aliphatic rings. The minimum atomic E-state index is -3.69. The van der Waals surface area contributed by atoms with Gasteiger partial charge >= 0.3 is 10.2 Å². The molecule has 0 unspecified atom stereocenters. The fourth-order valence-corrected chi connectivity index (χ4v) is 3.11. The molecular weight excluding hydrogens is 245 g/mol. The highest BCUT2D eigenvalue weighted by atomic mass is 32.2. The zero-order valence-corrected chi connectivity index (χ0v) is 10.0. The maximum atomic E-state index is 13.4. The van der Waals surface area contributed by atoms with Gasteiger partial charge in [0, 0.05) is 13.1 Å². The molecule has 1 aliphatic heterocycles. The van der Waals surface area contributed by atoms with Crippen LogP contribution in [0.25, 0.3) is 0 Å². The molecule has 94 valence electrons. The number of hydrogen-bond acceptors (Lipinski definition) is 3. The number of para-hydroxylation sites is 1. The number of rotatable bonds is 3. The van der Waals surface area contributed by atoms with Crippen molar-refractivity contribution in [3.63, 3.8) is 0 Å². The van der Waals surface area contributed by atoms with E-state index in [4.69, 9.17) is 5.73 Å². The molecular formula is C10H14FN3O2S. The normalized spacial score (nSPS) is 17.2. The van der Waals surface area contributed by atoms with Crippen LogP contribution in [-0.2, 0) is 10.2 Å². The van der Waals surface area contributed by atoms with Gasteiger partial charge < -0.3 is 5.73 Å². The van der Waals surface area contributed by atoms with Crippen molar-refractivity contribution >= 4 is 21.6 Å². The highest BCUT2D eigenvalue weighted by Gasteiger charge is 2.26. The van der Waals surface area contributed by atoms with Gasteiger partial charge in [-0.2, -0.15) is 12.7 Å². The second-order valence-electron chi connectivity index (χ2n) is 3.92. The maximum absolute atomic E-state index is 13.4. The lowest BCUT2D eigenvalue weighted by Gasteiger charge is -2.18. The van der Waals surface area contributed by atoms with Crippen molar-refractivity contribution in [1.29, 1.82) is 0 Å². The average molecular weight is 259 g/mol. The van der Waals surface area contributed by atoms with Gasteiger partial charge in [-0.25, -0.2) is 4.39 Å². The SMILES string of the molecule is Nc1cccc(F)c1NS(=O)(=O)N1CCCC1. The molecule has 0 bridgehead atoms. The maximum Gasteiger partial charge on any atom is 0.301 e. The molecule has 0 spiro atoms. The third-order valence-electron chi connectivity index (χ3n) is 2.68. The van der Waals surface area contributed by atoms with E-state index in [1.165, 1.54) is 16.4 Å². The number of anilines is 2. The molecule has 1 saturated heterocycles. The predicted octanol–water partition coefficient (Wildman–Crippen LogP) is 1.16. The first-order valence-corrected chi connectivity index (χ1v) is 6.76. The van der Waals surface area contributed by atoms with Crippen LogP contribution in [0.5, 0.6) is 0 Å². The van der Waals surface area contributed by atoms with Gasteiger partial charge in [-0.1, -0.05) is 6.07 Å². The van der Waals surface area contributed by atoms with Crippen molar-refractivity contribution in [2.45, 2.75) is 12.8 Å². The van der Waals surface area contributed by atoms with E-state index in [0.717, 1.165) is 18.9 Å². The van der Waals surface area contributed by atoms with Crippen LogP contribution in [0.15, 0.2) is 18.2 Å². The standard InChI is InChI=1S/C10H14FN3O2S/c11-8-4-3-5-9(12)10(8)13-17(15,16)14-6-1-2-7-14/h3-5,13H,1-2,6-7,12H2. The monoisotopic (exact) mass is 259 g/mol. The number of nitrogens with zero attached hydrogens (tertiary/aromatic N) is 1. The minimum absolute atomic E-state index is 0.0766. The van der Waals surface area contributed by atoms with E-state index in [2.05, 4.69) is 4.72 Å². The molecule has 0 aromatic heterocycles. The molecule has 0 saturated carbocycles. The molecule has 0 radical (unpaired) electrons. The molecule has 1 aromatic rings. The molecule has 2 rings (SSSR count). The lowest BCUT2D eigenvalue weighted by atomic mass is 10.3. The van der Waals surface area contributed by atoms with E-state index >= 15 is 0 Å². The van der Waals surface area contributed by atoms with Gasteiger partial charge in [0.25, 0.3) is 0 Å². The van der Waals surface area contributed by atoms with Crippen molar-refractivity contribution in [3.8, 4) is 0 Å². The zero-order chi connectivity index (χ0) is 12.5. The molecule has 1 heterocycles. The molecule has 7 heteroatoms. The smallest absolute Gasteiger partial charge is 0.301 e. The molecule has 3 N–H and O–H groups in total. The summed E-state index contributed by atoms with van der Waals surface area (Å²) in [5.41, 5.74) is 5.44. The number of benzene rings is 1. The van der Waals surface area contributed by atoms with Crippen LogP contribution in [0.1, 0.15) is 12.8 Å². The van der Waals surface area contributed by atoms with Crippen LogP contribution in [0, 0.1) is 5.82 Å². The average Bonchev–Trinajstić information content (AvgIpc) is 2.77. The lowest BCUT2D eigenvalue weighted by molar-refractivity contribution is 0.482. The van der Waals surface area contributed by atoms with Crippen molar-refractivity contribution in [2.24, 2.45) is 0 Å². The number of nitrogen functional groups attached to an aromatic ring is 1. The largest absolute Gasteiger partial charge is 0.397 e. The van der Waals surface area contributed by atoms with E-state index < -0.39 is 16.0 Å². The number of halogens is 1. The molecule has 5 nitrogen and oxygen atoms in total. The van der Waals surface area contributed by atoms with Crippen LogP contribution >= 0.6 is 0 Å². The Labute approximate surface area is 99.6 Å². The van der Waals surface area contributed by atoms with Gasteiger partial charge in [-0.3, -0.25) is 4.72 Å². The molecule has 0 amide bonds. The minimum Gasteiger partial charge on any atom is -0.397 e. The number of nitrogens with two attached hydrogens (primary N) is 1. The highest BCUT2D eigenvalue weighted by Crippen LogP contribution is 2.24. The first-order valence-electron chi connectivity index (χ1n) is 5.32. The summed E-state index contributed by atoms with van der Waals surface area (Å²) in [6.07, 6.45) is 1.65. The molecule has 0 atom stereocenters. The van der Waals surface area contributed by atoms with Gasteiger partial charge in [0.1, 0.15) is 11.5 Å². The van der Waals surface area contributed by atoms with Crippen LogP contribution in [-0.4, -0.2) is 25.8 Å². The summed E-state index contributed by atoms with van der Waals surface area (Å²) < 4.78 is 40.7. The Kier molecular flexibility index (Phi) is 3.21. The quantitative estimate of drug-likeness (QED) is 0.800. The summed E-state index contributed by atoms with van der Waals surface area (Å²) in [5, 5.41) is 0. The van der Waals surface area contributed by atoms with Gasteiger partial charge in [-0.15, -0.1) is 0 Å². The summed E-state index contributed by atoms with van der Waals surface area (Å²) in [5.74, 6) is -0.673. The molecule has 1 aromatic carbocycles. The summed E-state index contributed by atoms with van der Waals surface area (Å²) in [7, 11) is -3.69. The first-order chi connectivity index (χ1) is 8.00. The van der Waals surface area contributed by atoms with Gasteiger partial charge in [0.05, 0.1) is 5.69 Å². The van der Waals surface area contributed by atoms with Crippen LogP contribution < -0.4 is 10.5 Å². The van der Waals surface area contributed by atoms with Crippen LogP contribution in [0.4, 0.5) is 15.8 Å². The van der Waals surface area contributed by atoms with E-state index in [9.17, 15) is 12.8 Å². The third-order valence-corrected chi connectivity index (χ3v) is 4.19. The molecule has 17 heavy (non-hydrogen) atoms. The second kappa shape index (κ2) is 4.50. The summed E-state index contributed by atoms with van der Waals surface area (Å²) in [4.78, 5) is 0. The predicted molar refractivity (Wildman–Crippen MR) is 64.2 cm³/mol. The summed E-state index contributed by atoms with van der Waals surface area (Å²) in [6, 6.07) is 4.04. The van der Waals surface area contributed by atoms with Crippen LogP contribution in [0.3, 0.4) is 0 Å². The first kappa shape index (κ1) is 12.1. The van der Waals surface area contributed by atoms with Gasteiger partial charge in [0.15, 0.2) is 0 Å². The Hall–Kier alpha value is -1.34. The molecule has 1 fully saturated rings. The van der Waals surface area contributed by atoms with Gasteiger partial charge in [0.2, 0.25) is 0 Å². The topological polar surface area (TPSA) is 75.4 Å². The Bertz CT molecular complexity index is 492. The fourth-order valence-electron chi connectivity index (χ4n) is 1.77. The van der Waals surface area contributed by atoms with E-state index in [-0.39, 0.29) is 11.4 Å². The highest BCUT2D eigenvalue weighted by molar-refractivity contribution is 7.90. The van der Waals surface area contributed by atoms with Gasteiger partial charge in [-0.05, 0) is 25.0 Å².